The first kappa shape index (κ1) is 16.7. The Hall–Kier alpha value is -1.40. The Kier molecular flexibility index (Phi) is 5.30. The van der Waals surface area contributed by atoms with E-state index < -0.39 is 15.4 Å². The average Bonchev–Trinajstić information content (AvgIpc) is 2.38. The molecule has 1 aromatic carbocycles. The molecule has 0 spiro atoms. The Morgan fingerprint density at radius 1 is 1.30 bits per heavy atom. The number of ether oxygens (including phenoxy) is 1. The monoisotopic (exact) mass is 299 g/mol. The van der Waals surface area contributed by atoms with Crippen molar-refractivity contribution in [2.75, 3.05) is 19.9 Å². The Morgan fingerprint density at radius 3 is 2.25 bits per heavy atom. The lowest BCUT2D eigenvalue weighted by Gasteiger charge is -2.29. The molecular formula is C14H21NO4S. The molecule has 0 bridgehead atoms. The highest BCUT2D eigenvalue weighted by Gasteiger charge is 2.28. The van der Waals surface area contributed by atoms with Gasteiger partial charge in [0.2, 0.25) is 0 Å². The van der Waals surface area contributed by atoms with Crippen molar-refractivity contribution in [3.05, 3.63) is 29.8 Å². The van der Waals surface area contributed by atoms with E-state index in [2.05, 4.69) is 5.32 Å². The van der Waals surface area contributed by atoms with E-state index in [4.69, 9.17) is 4.74 Å². The normalized spacial score (nSPS) is 14.6. The smallest absolute Gasteiger partial charge is 0.307 e. The maximum Gasteiger partial charge on any atom is 0.307 e. The van der Waals surface area contributed by atoms with Crippen molar-refractivity contribution in [3.8, 4) is 0 Å². The van der Waals surface area contributed by atoms with E-state index in [1.165, 1.54) is 0 Å². The lowest BCUT2D eigenvalue weighted by atomic mass is 9.89. The van der Waals surface area contributed by atoms with Crippen molar-refractivity contribution in [1.29, 1.82) is 0 Å². The lowest BCUT2D eigenvalue weighted by molar-refractivity contribution is -0.144. The fourth-order valence-corrected chi connectivity index (χ4v) is 2.54. The molecule has 112 valence electrons. The van der Waals surface area contributed by atoms with E-state index in [-0.39, 0.29) is 17.3 Å². The maximum absolute atomic E-state index is 11.7. The summed E-state index contributed by atoms with van der Waals surface area (Å²) in [6.07, 6.45) is 1.34. The van der Waals surface area contributed by atoms with Crippen LogP contribution in [0.5, 0.6) is 0 Å². The van der Waals surface area contributed by atoms with Gasteiger partial charge in [0, 0.05) is 6.26 Å². The molecule has 1 unspecified atom stereocenters. The van der Waals surface area contributed by atoms with Crippen molar-refractivity contribution in [1.82, 2.24) is 5.32 Å². The molecule has 0 aliphatic rings. The highest BCUT2D eigenvalue weighted by molar-refractivity contribution is 7.90. The SMILES string of the molecule is CCOC(=O)CC(C)(NC)c1ccc(S(C)(=O)=O)cc1. The molecule has 1 rings (SSSR count). The van der Waals surface area contributed by atoms with Gasteiger partial charge in [-0.2, -0.15) is 0 Å². The molecule has 0 aromatic heterocycles. The van der Waals surface area contributed by atoms with Gasteiger partial charge >= 0.3 is 5.97 Å². The summed E-state index contributed by atoms with van der Waals surface area (Å²) in [5, 5.41) is 3.09. The Labute approximate surface area is 120 Å². The van der Waals surface area contributed by atoms with E-state index in [0.29, 0.717) is 6.61 Å². The largest absolute Gasteiger partial charge is 0.466 e. The third-order valence-corrected chi connectivity index (χ3v) is 4.40. The molecule has 0 saturated heterocycles. The molecule has 1 N–H and O–H groups in total. The van der Waals surface area contributed by atoms with Crippen LogP contribution in [0, 0.1) is 0 Å². The lowest BCUT2D eigenvalue weighted by Crippen LogP contribution is -2.39. The zero-order valence-electron chi connectivity index (χ0n) is 12.3. The molecule has 0 amide bonds. The summed E-state index contributed by atoms with van der Waals surface area (Å²) in [4.78, 5) is 11.9. The van der Waals surface area contributed by atoms with Gasteiger partial charge in [0.1, 0.15) is 0 Å². The molecule has 6 heteroatoms. The third kappa shape index (κ3) is 4.05. The average molecular weight is 299 g/mol. The number of nitrogens with one attached hydrogen (secondary N) is 1. The van der Waals surface area contributed by atoms with Crippen molar-refractivity contribution >= 4 is 15.8 Å². The highest BCUT2D eigenvalue weighted by Crippen LogP contribution is 2.26. The van der Waals surface area contributed by atoms with Crippen LogP contribution >= 0.6 is 0 Å². The Morgan fingerprint density at radius 2 is 1.85 bits per heavy atom. The van der Waals surface area contributed by atoms with Crippen LogP contribution in [-0.4, -0.2) is 34.3 Å². The maximum atomic E-state index is 11.7. The van der Waals surface area contributed by atoms with E-state index in [1.807, 2.05) is 6.92 Å². The van der Waals surface area contributed by atoms with Gasteiger partial charge in [-0.15, -0.1) is 0 Å². The second kappa shape index (κ2) is 6.37. The molecule has 0 radical (unpaired) electrons. The van der Waals surface area contributed by atoms with Crippen LogP contribution in [0.4, 0.5) is 0 Å². The van der Waals surface area contributed by atoms with Crippen molar-refractivity contribution in [2.24, 2.45) is 0 Å². The van der Waals surface area contributed by atoms with E-state index in [1.54, 1.807) is 38.2 Å². The fourth-order valence-electron chi connectivity index (χ4n) is 1.91. The van der Waals surface area contributed by atoms with Crippen LogP contribution < -0.4 is 5.32 Å². The van der Waals surface area contributed by atoms with Gasteiger partial charge in [0.15, 0.2) is 9.84 Å². The summed E-state index contributed by atoms with van der Waals surface area (Å²) in [5.41, 5.74) is 0.239. The van der Waals surface area contributed by atoms with E-state index >= 15 is 0 Å². The minimum Gasteiger partial charge on any atom is -0.466 e. The number of sulfone groups is 1. The van der Waals surface area contributed by atoms with Gasteiger partial charge in [0.25, 0.3) is 0 Å². The first-order valence-electron chi connectivity index (χ1n) is 6.38. The first-order chi connectivity index (χ1) is 9.23. The molecule has 0 fully saturated rings. The van der Waals surface area contributed by atoms with Crippen LogP contribution in [0.3, 0.4) is 0 Å². The van der Waals surface area contributed by atoms with Crippen LogP contribution in [0.25, 0.3) is 0 Å². The van der Waals surface area contributed by atoms with Gasteiger partial charge in [-0.3, -0.25) is 4.79 Å². The zero-order chi connectivity index (χ0) is 15.4. The number of carbonyl (C=O) groups excluding carboxylic acids is 1. The van der Waals surface area contributed by atoms with Crippen LogP contribution in [0.15, 0.2) is 29.2 Å². The Bertz CT molecular complexity index is 565. The van der Waals surface area contributed by atoms with Crippen molar-refractivity contribution in [2.45, 2.75) is 30.7 Å². The van der Waals surface area contributed by atoms with Crippen LogP contribution in [-0.2, 0) is 24.9 Å². The Balaban J connectivity index is 3.03. The zero-order valence-corrected chi connectivity index (χ0v) is 13.1. The van der Waals surface area contributed by atoms with Gasteiger partial charge in [-0.25, -0.2) is 8.42 Å². The first-order valence-corrected chi connectivity index (χ1v) is 8.27. The van der Waals surface area contributed by atoms with Gasteiger partial charge in [0.05, 0.1) is 23.5 Å². The third-order valence-electron chi connectivity index (χ3n) is 3.27. The topological polar surface area (TPSA) is 72.5 Å². The minimum atomic E-state index is -3.22. The van der Waals surface area contributed by atoms with Crippen LogP contribution in [0.2, 0.25) is 0 Å². The van der Waals surface area contributed by atoms with Gasteiger partial charge < -0.3 is 10.1 Å². The molecule has 5 nitrogen and oxygen atoms in total. The van der Waals surface area contributed by atoms with E-state index in [9.17, 15) is 13.2 Å². The molecule has 0 aliphatic heterocycles. The van der Waals surface area contributed by atoms with Crippen molar-refractivity contribution in [3.63, 3.8) is 0 Å². The number of rotatable bonds is 6. The fraction of sp³-hybridized carbons (Fsp3) is 0.500. The van der Waals surface area contributed by atoms with Crippen LogP contribution in [0.1, 0.15) is 25.8 Å². The second-order valence-electron chi connectivity index (χ2n) is 4.86. The molecule has 1 aromatic rings. The number of carbonyl (C=O) groups is 1. The summed E-state index contributed by atoms with van der Waals surface area (Å²) in [6, 6.07) is 6.52. The predicted molar refractivity (Wildman–Crippen MR) is 77.2 cm³/mol. The molecule has 0 aliphatic carbocycles. The quantitative estimate of drug-likeness (QED) is 0.806. The summed E-state index contributed by atoms with van der Waals surface area (Å²) in [7, 11) is -1.46. The van der Waals surface area contributed by atoms with Crippen molar-refractivity contribution < 1.29 is 17.9 Å². The number of hydrogen-bond acceptors (Lipinski definition) is 5. The second-order valence-corrected chi connectivity index (χ2v) is 6.88. The highest BCUT2D eigenvalue weighted by atomic mass is 32.2. The molecule has 0 heterocycles. The number of hydrogen-bond donors (Lipinski definition) is 1. The van der Waals surface area contributed by atoms with Gasteiger partial charge in [-0.05, 0) is 38.6 Å². The minimum absolute atomic E-state index is 0.176. The summed E-state index contributed by atoms with van der Waals surface area (Å²) in [6.45, 7) is 3.97. The number of esters is 1. The molecule has 20 heavy (non-hydrogen) atoms. The summed E-state index contributed by atoms with van der Waals surface area (Å²) in [5.74, 6) is -0.295. The van der Waals surface area contributed by atoms with Gasteiger partial charge in [-0.1, -0.05) is 12.1 Å². The molecular weight excluding hydrogens is 278 g/mol. The molecule has 0 saturated carbocycles. The summed E-state index contributed by atoms with van der Waals surface area (Å²) < 4.78 is 27.8. The standard InChI is InChI=1S/C14H21NO4S/c1-5-19-13(16)10-14(2,15-3)11-6-8-12(9-7-11)20(4,17)18/h6-9,15H,5,10H2,1-4H3. The van der Waals surface area contributed by atoms with E-state index in [0.717, 1.165) is 11.8 Å². The number of benzene rings is 1. The summed E-state index contributed by atoms with van der Waals surface area (Å²) >= 11 is 0. The predicted octanol–water partition coefficient (Wildman–Crippen LogP) is 1.48. The molecule has 1 atom stereocenters.